The summed E-state index contributed by atoms with van der Waals surface area (Å²) < 4.78 is 0. The second-order valence-corrected chi connectivity index (χ2v) is 5.68. The second kappa shape index (κ2) is 6.15. The molecule has 0 unspecified atom stereocenters. The molecule has 0 bridgehead atoms. The maximum absolute atomic E-state index is 5.52. The molecule has 0 amide bonds. The highest BCUT2D eigenvalue weighted by atomic mass is 16.6. The van der Waals surface area contributed by atoms with E-state index in [-0.39, 0.29) is 0 Å². The molecule has 2 rings (SSSR count). The lowest BCUT2D eigenvalue weighted by atomic mass is 9.86. The zero-order chi connectivity index (χ0) is 15.6. The molecule has 0 saturated carbocycles. The Morgan fingerprint density at radius 1 is 1.05 bits per heavy atom. The van der Waals surface area contributed by atoms with Crippen LogP contribution in [0, 0.1) is 20.8 Å². The van der Waals surface area contributed by atoms with E-state index < -0.39 is 0 Å². The van der Waals surface area contributed by atoms with Crippen molar-refractivity contribution in [3.05, 3.63) is 64.7 Å². The number of hydrogen-bond donors (Lipinski definition) is 1. The Bertz CT molecular complexity index is 672. The minimum absolute atomic E-state index is 0.777. The summed E-state index contributed by atoms with van der Waals surface area (Å²) in [5.41, 5.74) is 8.24. The Morgan fingerprint density at radius 3 is 2.19 bits per heavy atom. The minimum atomic E-state index is 0.777. The van der Waals surface area contributed by atoms with Gasteiger partial charge in [0.2, 0.25) is 0 Å². The lowest BCUT2D eigenvalue weighted by molar-refractivity contribution is 0.328. The largest absolute Gasteiger partial charge is 0.411 e. The third-order valence-electron chi connectivity index (χ3n) is 4.04. The molecule has 0 aromatic heterocycles. The fourth-order valence-corrected chi connectivity index (χ4v) is 2.90. The highest BCUT2D eigenvalue weighted by Crippen LogP contribution is 2.39. The maximum Gasteiger partial charge on any atom is 0.153 e. The van der Waals surface area contributed by atoms with Crippen molar-refractivity contribution in [1.82, 2.24) is 0 Å². The van der Waals surface area contributed by atoms with Crippen molar-refractivity contribution >= 4 is 0 Å². The molecule has 0 spiro atoms. The Labute approximate surface area is 127 Å². The fourth-order valence-electron chi connectivity index (χ4n) is 2.90. The van der Waals surface area contributed by atoms with Crippen LogP contribution in [0.2, 0.25) is 0 Å². The van der Waals surface area contributed by atoms with Crippen molar-refractivity contribution in [2.24, 2.45) is 5.90 Å². The SMILES string of the molecule is C=C(C)Cc1c(C)c(-c2ccccc2)c(C)c(C)c1ON. The molecule has 110 valence electrons. The van der Waals surface area contributed by atoms with Crippen molar-refractivity contribution in [2.45, 2.75) is 34.1 Å². The van der Waals surface area contributed by atoms with Gasteiger partial charge in [0.15, 0.2) is 5.75 Å². The molecule has 0 aliphatic heterocycles. The summed E-state index contributed by atoms with van der Waals surface area (Å²) in [6.07, 6.45) is 0.777. The van der Waals surface area contributed by atoms with Gasteiger partial charge in [0.1, 0.15) is 0 Å². The quantitative estimate of drug-likeness (QED) is 0.654. The molecule has 2 aromatic carbocycles. The van der Waals surface area contributed by atoms with E-state index in [0.717, 1.165) is 28.9 Å². The average Bonchev–Trinajstić information content (AvgIpc) is 2.46. The molecule has 0 saturated heterocycles. The molecular weight excluding hydrogens is 258 g/mol. The lowest BCUT2D eigenvalue weighted by Crippen LogP contribution is -2.10. The van der Waals surface area contributed by atoms with Gasteiger partial charge in [0.05, 0.1) is 0 Å². The first-order chi connectivity index (χ1) is 9.97. The van der Waals surface area contributed by atoms with Crippen molar-refractivity contribution in [3.8, 4) is 16.9 Å². The summed E-state index contributed by atoms with van der Waals surface area (Å²) in [6.45, 7) is 12.4. The van der Waals surface area contributed by atoms with Crippen LogP contribution < -0.4 is 10.7 Å². The number of allylic oxidation sites excluding steroid dienone is 1. The zero-order valence-corrected chi connectivity index (χ0v) is 13.3. The van der Waals surface area contributed by atoms with Gasteiger partial charge in [0, 0.05) is 5.56 Å². The van der Waals surface area contributed by atoms with E-state index in [1.54, 1.807) is 0 Å². The summed E-state index contributed by atoms with van der Waals surface area (Å²) in [5, 5.41) is 0. The molecule has 0 aliphatic carbocycles. The van der Waals surface area contributed by atoms with Gasteiger partial charge >= 0.3 is 0 Å². The van der Waals surface area contributed by atoms with Crippen LogP contribution in [0.4, 0.5) is 0 Å². The number of benzene rings is 2. The minimum Gasteiger partial charge on any atom is -0.411 e. The second-order valence-electron chi connectivity index (χ2n) is 5.68. The van der Waals surface area contributed by atoms with E-state index >= 15 is 0 Å². The fraction of sp³-hybridized carbons (Fsp3) is 0.263. The van der Waals surface area contributed by atoms with E-state index in [4.69, 9.17) is 10.7 Å². The van der Waals surface area contributed by atoms with Gasteiger partial charge in [-0.3, -0.25) is 0 Å². The highest BCUT2D eigenvalue weighted by molar-refractivity contribution is 5.76. The van der Waals surface area contributed by atoms with Gasteiger partial charge in [-0.25, -0.2) is 0 Å². The molecular formula is C19H23NO. The van der Waals surface area contributed by atoms with Crippen LogP contribution >= 0.6 is 0 Å². The zero-order valence-electron chi connectivity index (χ0n) is 13.3. The van der Waals surface area contributed by atoms with Crippen molar-refractivity contribution in [3.63, 3.8) is 0 Å². The first-order valence-corrected chi connectivity index (χ1v) is 7.16. The van der Waals surface area contributed by atoms with Gasteiger partial charge < -0.3 is 4.84 Å². The molecule has 2 heteroatoms. The predicted molar refractivity (Wildman–Crippen MR) is 89.4 cm³/mol. The van der Waals surface area contributed by atoms with Gasteiger partial charge in [0.25, 0.3) is 0 Å². The smallest absolute Gasteiger partial charge is 0.153 e. The Kier molecular flexibility index (Phi) is 4.49. The first kappa shape index (κ1) is 15.3. The molecule has 0 atom stereocenters. The predicted octanol–water partition coefficient (Wildman–Crippen LogP) is 4.65. The van der Waals surface area contributed by atoms with E-state index in [0.29, 0.717) is 0 Å². The summed E-state index contributed by atoms with van der Waals surface area (Å²) in [6, 6.07) is 10.4. The third-order valence-corrected chi connectivity index (χ3v) is 4.04. The van der Waals surface area contributed by atoms with Gasteiger partial charge in [-0.15, -0.1) is 0 Å². The van der Waals surface area contributed by atoms with Crippen LogP contribution in [0.15, 0.2) is 42.5 Å². The Balaban J connectivity index is 2.78. The normalized spacial score (nSPS) is 10.5. The van der Waals surface area contributed by atoms with Crippen molar-refractivity contribution in [2.75, 3.05) is 0 Å². The Morgan fingerprint density at radius 2 is 1.67 bits per heavy atom. The van der Waals surface area contributed by atoms with Gasteiger partial charge in [-0.1, -0.05) is 42.5 Å². The Hall–Kier alpha value is -2.06. The standard InChI is InChI=1S/C19H23NO/c1-12(2)11-17-15(5)18(16-9-7-6-8-10-16)13(3)14(4)19(17)21-20/h6-10H,1,11,20H2,2-5H3. The van der Waals surface area contributed by atoms with Crippen LogP contribution in [0.3, 0.4) is 0 Å². The summed E-state index contributed by atoms with van der Waals surface area (Å²) in [5.74, 6) is 6.31. The van der Waals surface area contributed by atoms with E-state index in [2.05, 4.69) is 51.6 Å². The molecule has 2 N–H and O–H groups in total. The van der Waals surface area contributed by atoms with E-state index in [9.17, 15) is 0 Å². The van der Waals surface area contributed by atoms with E-state index in [1.165, 1.54) is 22.3 Å². The van der Waals surface area contributed by atoms with Crippen LogP contribution in [-0.2, 0) is 6.42 Å². The van der Waals surface area contributed by atoms with Gasteiger partial charge in [-0.05, 0) is 61.9 Å². The van der Waals surface area contributed by atoms with Gasteiger partial charge in [-0.2, -0.15) is 5.90 Å². The van der Waals surface area contributed by atoms with Crippen LogP contribution in [0.25, 0.3) is 11.1 Å². The highest BCUT2D eigenvalue weighted by Gasteiger charge is 2.19. The molecule has 0 heterocycles. The molecule has 0 aliphatic rings. The molecule has 0 radical (unpaired) electrons. The molecule has 21 heavy (non-hydrogen) atoms. The number of nitrogens with two attached hydrogens (primary N) is 1. The summed E-state index contributed by atoms with van der Waals surface area (Å²) in [7, 11) is 0. The number of rotatable bonds is 4. The summed E-state index contributed by atoms with van der Waals surface area (Å²) >= 11 is 0. The van der Waals surface area contributed by atoms with Crippen molar-refractivity contribution in [1.29, 1.82) is 0 Å². The summed E-state index contributed by atoms with van der Waals surface area (Å²) in [4.78, 5) is 5.19. The monoisotopic (exact) mass is 281 g/mol. The molecule has 2 nitrogen and oxygen atoms in total. The molecule has 0 fully saturated rings. The van der Waals surface area contributed by atoms with Crippen LogP contribution in [0.5, 0.6) is 5.75 Å². The number of hydrogen-bond acceptors (Lipinski definition) is 2. The van der Waals surface area contributed by atoms with Crippen molar-refractivity contribution < 1.29 is 4.84 Å². The molecule has 2 aromatic rings. The maximum atomic E-state index is 5.52. The topological polar surface area (TPSA) is 35.2 Å². The first-order valence-electron chi connectivity index (χ1n) is 7.16. The van der Waals surface area contributed by atoms with Crippen LogP contribution in [-0.4, -0.2) is 0 Å². The van der Waals surface area contributed by atoms with Crippen LogP contribution in [0.1, 0.15) is 29.2 Å². The van der Waals surface area contributed by atoms with E-state index in [1.807, 2.05) is 13.0 Å². The average molecular weight is 281 g/mol. The third kappa shape index (κ3) is 2.86. The lowest BCUT2D eigenvalue weighted by Gasteiger charge is -2.21.